The van der Waals surface area contributed by atoms with Gasteiger partial charge in [0.15, 0.2) is 0 Å². The quantitative estimate of drug-likeness (QED) is 0.611. The Morgan fingerprint density at radius 3 is 2.80 bits per heavy atom. The molecule has 2 N–H and O–H groups in total. The van der Waals surface area contributed by atoms with Crippen LogP contribution >= 0.6 is 11.3 Å². The van der Waals surface area contributed by atoms with Gasteiger partial charge in [-0.1, -0.05) is 24.3 Å². The first-order chi connectivity index (χ1) is 14.7. The van der Waals surface area contributed by atoms with E-state index in [2.05, 4.69) is 39.4 Å². The Bertz CT molecular complexity index is 1030. The number of aliphatic hydroxyl groups excluding tert-OH is 1. The fraction of sp³-hybridized carbons (Fsp3) is 0.500. The number of benzene rings is 1. The third kappa shape index (κ3) is 3.96. The zero-order valence-corrected chi connectivity index (χ0v) is 18.4. The lowest BCUT2D eigenvalue weighted by Gasteiger charge is -2.35. The average Bonchev–Trinajstić information content (AvgIpc) is 3.36. The molecule has 0 spiro atoms. The van der Waals surface area contributed by atoms with E-state index < -0.39 is 0 Å². The van der Waals surface area contributed by atoms with E-state index in [0.717, 1.165) is 22.8 Å². The lowest BCUT2D eigenvalue weighted by molar-refractivity contribution is 0.179. The molecule has 158 valence electrons. The highest BCUT2D eigenvalue weighted by atomic mass is 32.1. The van der Waals surface area contributed by atoms with Gasteiger partial charge in [-0.25, -0.2) is 9.97 Å². The first-order valence-corrected chi connectivity index (χ1v) is 11.9. The van der Waals surface area contributed by atoms with Crippen LogP contribution in [0.4, 0.5) is 5.82 Å². The van der Waals surface area contributed by atoms with E-state index in [1.165, 1.54) is 66.3 Å². The van der Waals surface area contributed by atoms with Gasteiger partial charge < -0.3 is 10.4 Å². The zero-order chi connectivity index (χ0) is 20.5. The van der Waals surface area contributed by atoms with Gasteiger partial charge in [0, 0.05) is 23.5 Å². The summed E-state index contributed by atoms with van der Waals surface area (Å²) in [5.41, 5.74) is 3.76. The molecule has 2 aliphatic carbocycles. The van der Waals surface area contributed by atoms with Crippen molar-refractivity contribution in [2.24, 2.45) is 0 Å². The second kappa shape index (κ2) is 8.61. The second-order valence-electron chi connectivity index (χ2n) is 8.80. The lowest BCUT2D eigenvalue weighted by atomic mass is 9.90. The number of rotatable bonds is 6. The van der Waals surface area contributed by atoms with Crippen LogP contribution in [0.1, 0.15) is 53.7 Å². The molecule has 30 heavy (non-hydrogen) atoms. The largest absolute Gasteiger partial charge is 0.392 e. The molecule has 3 aromatic rings. The first kappa shape index (κ1) is 19.9. The molecule has 0 aliphatic heterocycles. The SMILES string of the molecule is CN(Cc1cccc(CO)c1)[C@H]1CC[C@H](Nc2ncnc3sc4c(c23)CCC4)CC1. The Morgan fingerprint density at radius 1 is 1.13 bits per heavy atom. The maximum atomic E-state index is 9.37. The fourth-order valence-corrected chi connectivity index (χ4v) is 6.36. The van der Waals surface area contributed by atoms with Gasteiger partial charge in [-0.15, -0.1) is 11.3 Å². The van der Waals surface area contributed by atoms with Crippen LogP contribution in [0, 0.1) is 0 Å². The molecule has 2 heterocycles. The molecule has 0 unspecified atom stereocenters. The summed E-state index contributed by atoms with van der Waals surface area (Å²) in [6.45, 7) is 1.04. The molecule has 1 aromatic carbocycles. The predicted octanol–water partition coefficient (Wildman–Crippen LogP) is 4.53. The van der Waals surface area contributed by atoms with Gasteiger partial charge in [0.25, 0.3) is 0 Å². The van der Waals surface area contributed by atoms with Crippen molar-refractivity contribution >= 4 is 27.4 Å². The van der Waals surface area contributed by atoms with Crippen molar-refractivity contribution < 1.29 is 5.11 Å². The highest BCUT2D eigenvalue weighted by Gasteiger charge is 2.26. The molecule has 1 saturated carbocycles. The number of hydrogen-bond acceptors (Lipinski definition) is 6. The van der Waals surface area contributed by atoms with E-state index in [1.54, 1.807) is 6.33 Å². The van der Waals surface area contributed by atoms with Crippen molar-refractivity contribution in [2.45, 2.75) is 70.2 Å². The van der Waals surface area contributed by atoms with Crippen molar-refractivity contribution in [3.8, 4) is 0 Å². The molecule has 2 aromatic heterocycles. The summed E-state index contributed by atoms with van der Waals surface area (Å²) in [6, 6.07) is 9.39. The molecule has 0 saturated heterocycles. The van der Waals surface area contributed by atoms with Crippen LogP contribution in [-0.2, 0) is 26.0 Å². The van der Waals surface area contributed by atoms with Crippen LogP contribution in [-0.4, -0.2) is 39.1 Å². The number of aliphatic hydroxyl groups is 1. The van der Waals surface area contributed by atoms with Crippen LogP contribution in [0.15, 0.2) is 30.6 Å². The molecule has 0 amide bonds. The summed E-state index contributed by atoms with van der Waals surface area (Å²) in [4.78, 5) is 14.3. The van der Waals surface area contributed by atoms with Gasteiger partial charge in [-0.05, 0) is 68.7 Å². The number of nitrogens with one attached hydrogen (secondary N) is 1. The van der Waals surface area contributed by atoms with Gasteiger partial charge in [0.2, 0.25) is 0 Å². The number of anilines is 1. The van der Waals surface area contributed by atoms with E-state index in [1.807, 2.05) is 23.5 Å². The lowest BCUT2D eigenvalue weighted by Crippen LogP contribution is -2.38. The molecule has 6 heteroatoms. The number of hydrogen-bond donors (Lipinski definition) is 2. The number of aromatic nitrogens is 2. The van der Waals surface area contributed by atoms with Crippen LogP contribution in [0.5, 0.6) is 0 Å². The smallest absolute Gasteiger partial charge is 0.138 e. The Balaban J connectivity index is 1.21. The Kier molecular flexibility index (Phi) is 5.72. The summed E-state index contributed by atoms with van der Waals surface area (Å²) in [5.74, 6) is 1.05. The number of thiophene rings is 1. The second-order valence-corrected chi connectivity index (χ2v) is 9.89. The highest BCUT2D eigenvalue weighted by Crippen LogP contribution is 2.39. The van der Waals surface area contributed by atoms with Crippen LogP contribution < -0.4 is 5.32 Å². The van der Waals surface area contributed by atoms with Gasteiger partial charge in [0.1, 0.15) is 17.0 Å². The maximum Gasteiger partial charge on any atom is 0.138 e. The van der Waals surface area contributed by atoms with E-state index >= 15 is 0 Å². The molecule has 5 nitrogen and oxygen atoms in total. The standard InChI is InChI=1S/C24H30N4OS/c1-28(13-16-4-2-5-17(12-16)14-29)19-10-8-18(9-11-19)27-23-22-20-6-3-7-21(20)30-24(22)26-15-25-23/h2,4-5,12,15,18-19,29H,3,6-11,13-14H2,1H3,(H,25,26,27)/t18-,19-. The summed E-state index contributed by atoms with van der Waals surface area (Å²) >= 11 is 1.86. The molecule has 1 fully saturated rings. The van der Waals surface area contributed by atoms with Gasteiger partial charge in [-0.2, -0.15) is 0 Å². The molecular weight excluding hydrogens is 392 g/mol. The fourth-order valence-electron chi connectivity index (χ4n) is 5.14. The van der Waals surface area contributed by atoms with Gasteiger partial charge >= 0.3 is 0 Å². The summed E-state index contributed by atoms with van der Waals surface area (Å²) < 4.78 is 0. The average molecular weight is 423 g/mol. The summed E-state index contributed by atoms with van der Waals surface area (Å²) in [6.07, 6.45) is 10.1. The molecule has 0 bridgehead atoms. The third-order valence-electron chi connectivity index (χ3n) is 6.77. The zero-order valence-electron chi connectivity index (χ0n) is 17.6. The monoisotopic (exact) mass is 422 g/mol. The van der Waals surface area contributed by atoms with Crippen LogP contribution in [0.25, 0.3) is 10.2 Å². The van der Waals surface area contributed by atoms with E-state index in [0.29, 0.717) is 12.1 Å². The van der Waals surface area contributed by atoms with E-state index in [9.17, 15) is 5.11 Å². The van der Waals surface area contributed by atoms with Gasteiger partial charge in [0.05, 0.1) is 12.0 Å². The Morgan fingerprint density at radius 2 is 1.97 bits per heavy atom. The third-order valence-corrected chi connectivity index (χ3v) is 7.97. The first-order valence-electron chi connectivity index (χ1n) is 11.1. The van der Waals surface area contributed by atoms with Crippen molar-refractivity contribution in [2.75, 3.05) is 12.4 Å². The molecular formula is C24H30N4OS. The molecule has 0 radical (unpaired) electrons. The Labute approximate surface area is 182 Å². The number of fused-ring (bicyclic) bond motifs is 3. The molecule has 0 atom stereocenters. The van der Waals surface area contributed by atoms with Crippen LogP contribution in [0.2, 0.25) is 0 Å². The minimum Gasteiger partial charge on any atom is -0.392 e. The normalized spacial score (nSPS) is 21.3. The van der Waals surface area contributed by atoms with E-state index in [4.69, 9.17) is 0 Å². The van der Waals surface area contributed by atoms with Crippen molar-refractivity contribution in [3.05, 3.63) is 52.2 Å². The molecule has 5 rings (SSSR count). The van der Waals surface area contributed by atoms with Gasteiger partial charge in [-0.3, -0.25) is 4.90 Å². The predicted molar refractivity (Wildman–Crippen MR) is 123 cm³/mol. The summed E-state index contributed by atoms with van der Waals surface area (Å²) in [5, 5.41) is 14.4. The summed E-state index contributed by atoms with van der Waals surface area (Å²) in [7, 11) is 2.23. The number of nitrogens with zero attached hydrogens (tertiary/aromatic N) is 3. The highest BCUT2D eigenvalue weighted by molar-refractivity contribution is 7.19. The van der Waals surface area contributed by atoms with Crippen molar-refractivity contribution in [1.29, 1.82) is 0 Å². The van der Waals surface area contributed by atoms with Crippen molar-refractivity contribution in [1.82, 2.24) is 14.9 Å². The topological polar surface area (TPSA) is 61.3 Å². The number of aryl methyl sites for hydroxylation is 2. The Hall–Kier alpha value is -2.02. The molecule has 2 aliphatic rings. The maximum absolute atomic E-state index is 9.37. The minimum atomic E-state index is 0.109. The van der Waals surface area contributed by atoms with E-state index in [-0.39, 0.29) is 6.61 Å². The minimum absolute atomic E-state index is 0.109. The van der Waals surface area contributed by atoms with Crippen LogP contribution in [0.3, 0.4) is 0 Å². The van der Waals surface area contributed by atoms with Crippen molar-refractivity contribution in [3.63, 3.8) is 0 Å².